The molecule has 0 aliphatic rings. The highest BCUT2D eigenvalue weighted by atomic mass is 35.5. The van der Waals surface area contributed by atoms with Crippen LogP contribution in [0.1, 0.15) is 40.6 Å². The first-order chi connectivity index (χ1) is 16.4. The van der Waals surface area contributed by atoms with E-state index in [1.54, 1.807) is 19.9 Å². The minimum absolute atomic E-state index is 0.251. The van der Waals surface area contributed by atoms with Crippen molar-refractivity contribution in [2.75, 3.05) is 0 Å². The van der Waals surface area contributed by atoms with Crippen LogP contribution in [0.5, 0.6) is 0 Å². The molecule has 0 aliphatic carbocycles. The average molecular weight is 472 g/mol. The van der Waals surface area contributed by atoms with Gasteiger partial charge < -0.3 is 9.84 Å². The van der Waals surface area contributed by atoms with E-state index >= 15 is 0 Å². The zero-order chi connectivity index (χ0) is 23.8. The lowest BCUT2D eigenvalue weighted by Gasteiger charge is -2.10. The maximum absolute atomic E-state index is 13.1. The van der Waals surface area contributed by atoms with Gasteiger partial charge in [-0.25, -0.2) is 4.68 Å². The first-order valence-corrected chi connectivity index (χ1v) is 11.2. The molecule has 3 aromatic carbocycles. The van der Waals surface area contributed by atoms with Gasteiger partial charge in [-0.05, 0) is 57.2 Å². The predicted octanol–water partition coefficient (Wildman–Crippen LogP) is 5.84. The second-order valence-electron chi connectivity index (χ2n) is 8.18. The Morgan fingerprint density at radius 2 is 1.82 bits per heavy atom. The minimum Gasteiger partial charge on any atom is -0.341 e. The Balaban J connectivity index is 1.60. The van der Waals surface area contributed by atoms with E-state index in [0.29, 0.717) is 28.0 Å². The van der Waals surface area contributed by atoms with Gasteiger partial charge in [0.1, 0.15) is 11.7 Å². The summed E-state index contributed by atoms with van der Waals surface area (Å²) < 4.78 is 7.05. The summed E-state index contributed by atoms with van der Waals surface area (Å²) >= 11 is 6.52. The Morgan fingerprint density at radius 3 is 2.53 bits per heavy atom. The molecule has 1 N–H and O–H groups in total. The molecule has 170 valence electrons. The van der Waals surface area contributed by atoms with E-state index in [1.165, 1.54) is 0 Å². The minimum atomic E-state index is -0.428. The molecule has 5 rings (SSSR count). The number of halogens is 1. The number of aryl methyl sites for hydroxylation is 2. The molecule has 0 spiro atoms. The van der Waals surface area contributed by atoms with Crippen LogP contribution in [0.25, 0.3) is 27.8 Å². The lowest BCUT2D eigenvalue weighted by atomic mass is 10.0. The maximum Gasteiger partial charge on any atom is 0.251 e. The Bertz CT molecular complexity index is 1500. The van der Waals surface area contributed by atoms with Gasteiger partial charge in [-0.1, -0.05) is 52.7 Å². The van der Waals surface area contributed by atoms with E-state index in [-0.39, 0.29) is 5.91 Å². The van der Waals surface area contributed by atoms with Crippen molar-refractivity contribution < 1.29 is 9.32 Å². The third-order valence-corrected chi connectivity index (χ3v) is 5.94. The summed E-state index contributed by atoms with van der Waals surface area (Å²) in [5, 5.41) is 13.0. The van der Waals surface area contributed by atoms with E-state index in [9.17, 15) is 4.79 Å². The number of benzene rings is 3. The number of fused-ring (bicyclic) bond motifs is 1. The fourth-order valence-electron chi connectivity index (χ4n) is 3.83. The number of hydrogen-bond donors (Lipinski definition) is 1. The quantitative estimate of drug-likeness (QED) is 0.348. The van der Waals surface area contributed by atoms with Crippen molar-refractivity contribution in [3.63, 3.8) is 0 Å². The average Bonchev–Trinajstić information content (AvgIpc) is 3.43. The maximum atomic E-state index is 13.1. The van der Waals surface area contributed by atoms with Gasteiger partial charge in [0.25, 0.3) is 5.91 Å². The van der Waals surface area contributed by atoms with E-state index in [4.69, 9.17) is 21.2 Å². The van der Waals surface area contributed by atoms with Crippen molar-refractivity contribution in [2.45, 2.75) is 26.8 Å². The van der Waals surface area contributed by atoms with Gasteiger partial charge in [-0.2, -0.15) is 10.1 Å². The molecule has 2 aromatic heterocycles. The molecule has 1 amide bonds. The van der Waals surface area contributed by atoms with E-state index in [1.807, 2.05) is 72.3 Å². The number of nitrogens with one attached hydrogen (secondary N) is 1. The van der Waals surface area contributed by atoms with Crippen molar-refractivity contribution in [3.05, 3.63) is 94.6 Å². The number of rotatable bonds is 5. The van der Waals surface area contributed by atoms with Gasteiger partial charge in [-0.3, -0.25) is 4.79 Å². The summed E-state index contributed by atoms with van der Waals surface area (Å²) in [7, 11) is 0. The van der Waals surface area contributed by atoms with Crippen LogP contribution < -0.4 is 5.32 Å². The molecule has 8 heteroatoms. The van der Waals surface area contributed by atoms with Crippen LogP contribution in [0.2, 0.25) is 5.02 Å². The fourth-order valence-corrected chi connectivity index (χ4v) is 4.05. The van der Waals surface area contributed by atoms with Gasteiger partial charge in [0.2, 0.25) is 5.89 Å². The Hall–Kier alpha value is -3.97. The first-order valence-electron chi connectivity index (χ1n) is 10.9. The summed E-state index contributed by atoms with van der Waals surface area (Å²) in [5.74, 6) is 0.625. The zero-order valence-corrected chi connectivity index (χ0v) is 19.7. The summed E-state index contributed by atoms with van der Waals surface area (Å²) in [6.45, 7) is 5.58. The normalized spacial score (nSPS) is 12.1. The Kier molecular flexibility index (Phi) is 5.63. The highest BCUT2D eigenvalue weighted by Crippen LogP contribution is 2.34. The highest BCUT2D eigenvalue weighted by molar-refractivity contribution is 6.33. The van der Waals surface area contributed by atoms with E-state index in [0.717, 1.165) is 27.7 Å². The molecule has 7 nitrogen and oxygen atoms in total. The van der Waals surface area contributed by atoms with Crippen LogP contribution in [0.15, 0.2) is 71.3 Å². The van der Waals surface area contributed by atoms with Gasteiger partial charge in [0, 0.05) is 16.5 Å². The van der Waals surface area contributed by atoms with Crippen molar-refractivity contribution in [1.29, 1.82) is 0 Å². The summed E-state index contributed by atoms with van der Waals surface area (Å²) in [5.41, 5.74) is 4.95. The molecule has 2 heterocycles. The molecular weight excluding hydrogens is 450 g/mol. The van der Waals surface area contributed by atoms with Crippen LogP contribution >= 0.6 is 11.6 Å². The molecular formula is C26H22ClN5O2. The van der Waals surface area contributed by atoms with Crippen LogP contribution in [0.4, 0.5) is 0 Å². The SMILES string of the molecule is Cc1ccc(-n2nc(-c3ccccc3Cl)c3cc(C(=O)N[C@H](C)c4nc(C)no4)ccc32)cc1. The highest BCUT2D eigenvalue weighted by Gasteiger charge is 2.20. The molecule has 5 aromatic rings. The number of aromatic nitrogens is 4. The van der Waals surface area contributed by atoms with Gasteiger partial charge in [-0.15, -0.1) is 0 Å². The van der Waals surface area contributed by atoms with Crippen molar-refractivity contribution in [1.82, 2.24) is 25.2 Å². The molecule has 0 bridgehead atoms. The van der Waals surface area contributed by atoms with Crippen LogP contribution in [-0.2, 0) is 0 Å². The molecule has 1 atom stereocenters. The monoisotopic (exact) mass is 471 g/mol. The number of carbonyl (C=O) groups excluding carboxylic acids is 1. The number of nitrogens with zero attached hydrogens (tertiary/aromatic N) is 4. The topological polar surface area (TPSA) is 85.8 Å². The molecule has 34 heavy (non-hydrogen) atoms. The van der Waals surface area contributed by atoms with Crippen molar-refractivity contribution in [3.8, 4) is 16.9 Å². The smallest absolute Gasteiger partial charge is 0.251 e. The van der Waals surface area contributed by atoms with E-state index < -0.39 is 6.04 Å². The molecule has 0 saturated carbocycles. The Morgan fingerprint density at radius 1 is 1.06 bits per heavy atom. The summed E-state index contributed by atoms with van der Waals surface area (Å²) in [4.78, 5) is 17.2. The molecule has 0 fully saturated rings. The number of amides is 1. The molecule has 0 unspecified atom stereocenters. The van der Waals surface area contributed by atoms with Crippen LogP contribution in [-0.4, -0.2) is 25.8 Å². The van der Waals surface area contributed by atoms with Crippen LogP contribution in [0.3, 0.4) is 0 Å². The Labute approximate surface area is 201 Å². The third-order valence-electron chi connectivity index (χ3n) is 5.61. The third kappa shape index (κ3) is 4.06. The summed E-state index contributed by atoms with van der Waals surface area (Å²) in [6.07, 6.45) is 0. The zero-order valence-electron chi connectivity index (χ0n) is 18.9. The van der Waals surface area contributed by atoms with E-state index in [2.05, 4.69) is 15.5 Å². The summed E-state index contributed by atoms with van der Waals surface area (Å²) in [6, 6.07) is 20.8. The molecule has 0 radical (unpaired) electrons. The second kappa shape index (κ2) is 8.76. The van der Waals surface area contributed by atoms with Gasteiger partial charge in [0.05, 0.1) is 16.2 Å². The lowest BCUT2D eigenvalue weighted by Crippen LogP contribution is -2.26. The van der Waals surface area contributed by atoms with Crippen molar-refractivity contribution >= 4 is 28.4 Å². The number of carbonyl (C=O) groups is 1. The second-order valence-corrected chi connectivity index (χ2v) is 8.59. The fraction of sp³-hybridized carbons (Fsp3) is 0.154. The van der Waals surface area contributed by atoms with Gasteiger partial charge >= 0.3 is 0 Å². The molecule has 0 aliphatic heterocycles. The standard InChI is InChI=1S/C26H22ClN5O2/c1-15-8-11-19(12-9-15)32-23-13-10-18(25(33)28-16(2)26-29-17(3)31-34-26)14-21(23)24(30-32)20-6-4-5-7-22(20)27/h4-14,16H,1-3H3,(H,28,33)/t16-/m1/s1. The van der Waals surface area contributed by atoms with Gasteiger partial charge in [0.15, 0.2) is 5.82 Å². The number of hydrogen-bond acceptors (Lipinski definition) is 5. The first kappa shape index (κ1) is 21.9. The van der Waals surface area contributed by atoms with Crippen LogP contribution in [0, 0.1) is 13.8 Å². The lowest BCUT2D eigenvalue weighted by molar-refractivity contribution is 0.0932. The molecule has 0 saturated heterocycles. The predicted molar refractivity (Wildman–Crippen MR) is 131 cm³/mol. The van der Waals surface area contributed by atoms with Crippen molar-refractivity contribution in [2.24, 2.45) is 0 Å². The largest absolute Gasteiger partial charge is 0.341 e.